The Morgan fingerprint density at radius 3 is 2.69 bits per heavy atom. The Hall–Kier alpha value is -3.10. The average Bonchev–Trinajstić information content (AvgIpc) is 3.20. The van der Waals surface area contributed by atoms with Crippen LogP contribution in [0.1, 0.15) is 57.0 Å². The summed E-state index contributed by atoms with van der Waals surface area (Å²) in [7, 11) is 0. The van der Waals surface area contributed by atoms with Gasteiger partial charge in [-0.05, 0) is 74.9 Å². The summed E-state index contributed by atoms with van der Waals surface area (Å²) in [6.45, 7) is 6.23. The van der Waals surface area contributed by atoms with E-state index in [1.165, 1.54) is 23.1 Å². The molecule has 3 aromatic rings. The first kappa shape index (κ1) is 26.0. The second-order valence-electron chi connectivity index (χ2n) is 8.96. The summed E-state index contributed by atoms with van der Waals surface area (Å²) in [5, 5.41) is 6.45. The van der Waals surface area contributed by atoms with Crippen LogP contribution in [0.15, 0.2) is 53.4 Å². The molecule has 0 aliphatic heterocycles. The maximum absolute atomic E-state index is 12.8. The monoisotopic (exact) mass is 522 g/mol. The predicted octanol–water partition coefficient (Wildman–Crippen LogP) is 6.34. The van der Waals surface area contributed by atoms with Gasteiger partial charge < -0.3 is 15.4 Å². The lowest BCUT2D eigenvalue weighted by Crippen LogP contribution is -2.17. The average molecular weight is 523 g/mol. The van der Waals surface area contributed by atoms with Crippen LogP contribution in [0.2, 0.25) is 0 Å². The molecule has 0 bridgehead atoms. The maximum Gasteiger partial charge on any atom is 0.341 e. The van der Waals surface area contributed by atoms with Crippen LogP contribution in [0.25, 0.3) is 0 Å². The lowest BCUT2D eigenvalue weighted by Gasteiger charge is -2.18. The number of esters is 1. The molecule has 4 rings (SSSR count). The summed E-state index contributed by atoms with van der Waals surface area (Å²) < 4.78 is 5.29. The Morgan fingerprint density at radius 2 is 1.92 bits per heavy atom. The molecular formula is C28H30N2O4S2. The molecule has 0 fully saturated rings. The Kier molecular flexibility index (Phi) is 8.48. The molecule has 2 amide bonds. The van der Waals surface area contributed by atoms with Crippen LogP contribution in [-0.4, -0.2) is 30.1 Å². The number of fused-ring (bicyclic) bond motifs is 1. The number of thiophene rings is 1. The van der Waals surface area contributed by atoms with E-state index in [0.29, 0.717) is 34.3 Å². The van der Waals surface area contributed by atoms with Crippen molar-refractivity contribution >= 4 is 51.6 Å². The highest BCUT2D eigenvalue weighted by Crippen LogP contribution is 2.40. The van der Waals surface area contributed by atoms with Crippen LogP contribution in [0, 0.1) is 12.8 Å². The molecule has 2 N–H and O–H groups in total. The molecule has 6 nitrogen and oxygen atoms in total. The van der Waals surface area contributed by atoms with Crippen molar-refractivity contribution in [2.75, 3.05) is 23.0 Å². The number of hydrogen-bond donors (Lipinski definition) is 2. The van der Waals surface area contributed by atoms with Crippen molar-refractivity contribution in [2.45, 2.75) is 44.9 Å². The summed E-state index contributed by atoms with van der Waals surface area (Å²) in [5.74, 6) is -0.00253. The van der Waals surface area contributed by atoms with Crippen molar-refractivity contribution in [3.8, 4) is 0 Å². The normalized spacial score (nSPS) is 14.6. The number of thioether (sulfide) groups is 1. The van der Waals surface area contributed by atoms with Crippen molar-refractivity contribution in [3.05, 3.63) is 75.7 Å². The van der Waals surface area contributed by atoms with Gasteiger partial charge in [0.15, 0.2) is 0 Å². The highest BCUT2D eigenvalue weighted by atomic mass is 32.2. The van der Waals surface area contributed by atoms with Gasteiger partial charge in [0.25, 0.3) is 5.91 Å². The number of ether oxygens (including phenoxy) is 1. The number of carbonyl (C=O) groups excluding carboxylic acids is 3. The minimum absolute atomic E-state index is 0.177. The Labute approximate surface area is 219 Å². The summed E-state index contributed by atoms with van der Waals surface area (Å²) in [6.07, 6.45) is 2.76. The zero-order chi connectivity index (χ0) is 25.7. The number of hydrogen-bond acceptors (Lipinski definition) is 6. The molecule has 2 aromatic carbocycles. The van der Waals surface area contributed by atoms with Crippen LogP contribution in [0.3, 0.4) is 0 Å². The topological polar surface area (TPSA) is 84.5 Å². The predicted molar refractivity (Wildman–Crippen MR) is 146 cm³/mol. The summed E-state index contributed by atoms with van der Waals surface area (Å²) in [5.41, 5.74) is 3.82. The van der Waals surface area contributed by atoms with Crippen LogP contribution in [-0.2, 0) is 22.4 Å². The smallest absolute Gasteiger partial charge is 0.341 e. The lowest BCUT2D eigenvalue weighted by molar-refractivity contribution is -0.113. The fourth-order valence-electron chi connectivity index (χ4n) is 4.22. The third-order valence-corrected chi connectivity index (χ3v) is 8.15. The zero-order valence-corrected chi connectivity index (χ0v) is 22.3. The van der Waals surface area contributed by atoms with E-state index in [0.717, 1.165) is 40.2 Å². The summed E-state index contributed by atoms with van der Waals surface area (Å²) in [4.78, 5) is 40.1. The first-order valence-corrected chi connectivity index (χ1v) is 13.9. The van der Waals surface area contributed by atoms with Crippen molar-refractivity contribution < 1.29 is 19.1 Å². The van der Waals surface area contributed by atoms with E-state index in [2.05, 4.69) is 17.6 Å². The first-order valence-electron chi connectivity index (χ1n) is 12.1. The molecule has 0 saturated heterocycles. The number of carbonyl (C=O) groups is 3. The van der Waals surface area contributed by atoms with Gasteiger partial charge in [0.05, 0.1) is 17.9 Å². The SMILES string of the molecule is CCOC(=O)c1c(NC(=O)CSc2cccc(NC(=O)c3cccc(C)c3)c2)sc2c1CCC(C)C2. The second kappa shape index (κ2) is 11.8. The highest BCUT2D eigenvalue weighted by Gasteiger charge is 2.29. The van der Waals surface area contributed by atoms with Gasteiger partial charge in [-0.2, -0.15) is 0 Å². The van der Waals surface area contributed by atoms with E-state index < -0.39 is 0 Å². The van der Waals surface area contributed by atoms with Gasteiger partial charge in [-0.1, -0.05) is 30.7 Å². The van der Waals surface area contributed by atoms with Crippen molar-refractivity contribution in [3.63, 3.8) is 0 Å². The fraction of sp³-hybridized carbons (Fsp3) is 0.321. The van der Waals surface area contributed by atoms with Crippen molar-refractivity contribution in [1.29, 1.82) is 0 Å². The molecule has 1 atom stereocenters. The number of amides is 2. The van der Waals surface area contributed by atoms with Gasteiger partial charge in [-0.15, -0.1) is 23.1 Å². The quantitative estimate of drug-likeness (QED) is 0.266. The summed E-state index contributed by atoms with van der Waals surface area (Å²) >= 11 is 2.86. The number of benzene rings is 2. The Bertz CT molecular complexity index is 1280. The second-order valence-corrected chi connectivity index (χ2v) is 11.1. The van der Waals surface area contributed by atoms with Gasteiger partial charge >= 0.3 is 5.97 Å². The van der Waals surface area contributed by atoms with Gasteiger partial charge in [-0.25, -0.2) is 4.79 Å². The molecule has 0 radical (unpaired) electrons. The van der Waals surface area contributed by atoms with Crippen molar-refractivity contribution in [2.24, 2.45) is 5.92 Å². The van der Waals surface area contributed by atoms with E-state index in [-0.39, 0.29) is 23.5 Å². The number of aryl methyl sites for hydroxylation is 1. The van der Waals surface area contributed by atoms with Crippen LogP contribution < -0.4 is 10.6 Å². The molecule has 36 heavy (non-hydrogen) atoms. The van der Waals surface area contributed by atoms with Gasteiger partial charge in [-0.3, -0.25) is 9.59 Å². The van der Waals surface area contributed by atoms with E-state index >= 15 is 0 Å². The minimum Gasteiger partial charge on any atom is -0.462 e. The zero-order valence-electron chi connectivity index (χ0n) is 20.7. The van der Waals surface area contributed by atoms with Crippen LogP contribution >= 0.6 is 23.1 Å². The molecule has 1 aromatic heterocycles. The van der Waals surface area contributed by atoms with E-state index in [9.17, 15) is 14.4 Å². The molecule has 0 spiro atoms. The largest absolute Gasteiger partial charge is 0.462 e. The number of nitrogens with one attached hydrogen (secondary N) is 2. The van der Waals surface area contributed by atoms with Gasteiger partial charge in [0, 0.05) is 21.0 Å². The lowest BCUT2D eigenvalue weighted by atomic mass is 9.88. The molecule has 1 unspecified atom stereocenters. The molecule has 1 heterocycles. The third kappa shape index (κ3) is 6.36. The molecule has 0 saturated carbocycles. The first-order chi connectivity index (χ1) is 17.3. The molecular weight excluding hydrogens is 492 g/mol. The highest BCUT2D eigenvalue weighted by molar-refractivity contribution is 8.00. The van der Waals surface area contributed by atoms with Crippen molar-refractivity contribution in [1.82, 2.24) is 0 Å². The summed E-state index contributed by atoms with van der Waals surface area (Å²) in [6, 6.07) is 14.8. The molecule has 1 aliphatic rings. The number of rotatable bonds is 8. The number of anilines is 2. The van der Waals surface area contributed by atoms with Crippen LogP contribution in [0.4, 0.5) is 10.7 Å². The Morgan fingerprint density at radius 1 is 1.11 bits per heavy atom. The Balaban J connectivity index is 1.40. The van der Waals surface area contributed by atoms with E-state index in [1.807, 2.05) is 49.4 Å². The van der Waals surface area contributed by atoms with Gasteiger partial charge in [0.1, 0.15) is 5.00 Å². The third-order valence-electron chi connectivity index (χ3n) is 5.99. The van der Waals surface area contributed by atoms with E-state index in [4.69, 9.17) is 4.74 Å². The van der Waals surface area contributed by atoms with Gasteiger partial charge in [0.2, 0.25) is 5.91 Å². The molecule has 8 heteroatoms. The molecule has 188 valence electrons. The fourth-order valence-corrected chi connectivity index (χ4v) is 6.39. The maximum atomic E-state index is 12.8. The standard InChI is InChI=1S/C28H30N2O4S2/c1-4-34-28(33)25-22-12-11-18(3)14-23(22)36-27(25)30-24(31)16-35-21-10-6-9-20(15-21)29-26(32)19-8-5-7-17(2)13-19/h5-10,13,15,18H,4,11-12,14,16H2,1-3H3,(H,29,32)(H,30,31). The molecule has 1 aliphatic carbocycles. The minimum atomic E-state index is -0.371. The van der Waals surface area contributed by atoms with Crippen LogP contribution in [0.5, 0.6) is 0 Å². The van der Waals surface area contributed by atoms with E-state index in [1.54, 1.807) is 13.0 Å².